The van der Waals surface area contributed by atoms with Crippen LogP contribution in [0.4, 0.5) is 10.7 Å². The number of hydrogen-bond acceptors (Lipinski definition) is 8. The van der Waals surface area contributed by atoms with Gasteiger partial charge in [0.25, 0.3) is 0 Å². The summed E-state index contributed by atoms with van der Waals surface area (Å²) in [6, 6.07) is -0.416. The van der Waals surface area contributed by atoms with Crippen molar-refractivity contribution in [1.82, 2.24) is 20.2 Å². The first kappa shape index (κ1) is 22.3. The van der Waals surface area contributed by atoms with E-state index in [1.807, 2.05) is 46.4 Å². The van der Waals surface area contributed by atoms with Gasteiger partial charge >= 0.3 is 12.1 Å². The molecule has 0 spiro atoms. The van der Waals surface area contributed by atoms with Gasteiger partial charge in [-0.3, -0.25) is 4.79 Å². The van der Waals surface area contributed by atoms with Crippen molar-refractivity contribution in [3.05, 3.63) is 17.5 Å². The van der Waals surface area contributed by atoms with E-state index in [2.05, 4.69) is 10.3 Å². The number of carbonyl (C=O) groups is 2. The minimum Gasteiger partial charge on any atom is -0.459 e. The van der Waals surface area contributed by atoms with Crippen molar-refractivity contribution in [2.45, 2.75) is 71.8 Å². The first-order chi connectivity index (χ1) is 13.9. The van der Waals surface area contributed by atoms with Crippen LogP contribution in [0.5, 0.6) is 0 Å². The second kappa shape index (κ2) is 8.37. The molecule has 0 aliphatic carbocycles. The SMILES string of the molecule is CC(C)(C)OC(=O)[C@@H]1CN(c2ncc3c(n2)CCN(C(=O)OC(C)(C)C)C3)CCN1. The highest BCUT2D eigenvalue weighted by atomic mass is 16.6. The van der Waals surface area contributed by atoms with Crippen molar-refractivity contribution >= 4 is 18.0 Å². The summed E-state index contributed by atoms with van der Waals surface area (Å²) in [5, 5.41) is 3.21. The normalized spacial score (nSPS) is 19.9. The molecule has 9 nitrogen and oxygen atoms in total. The highest BCUT2D eigenvalue weighted by Crippen LogP contribution is 2.22. The number of piperazine rings is 1. The molecule has 30 heavy (non-hydrogen) atoms. The minimum atomic E-state index is -0.524. The zero-order valence-corrected chi connectivity index (χ0v) is 18.8. The molecule has 0 aromatic carbocycles. The Labute approximate surface area is 178 Å². The molecular weight excluding hydrogens is 386 g/mol. The van der Waals surface area contributed by atoms with Gasteiger partial charge in [-0.25, -0.2) is 14.8 Å². The third-order valence-electron chi connectivity index (χ3n) is 4.72. The van der Waals surface area contributed by atoms with Crippen LogP contribution in [-0.4, -0.2) is 70.4 Å². The summed E-state index contributed by atoms with van der Waals surface area (Å²) >= 11 is 0. The smallest absolute Gasteiger partial charge is 0.410 e. The average Bonchev–Trinajstić information content (AvgIpc) is 2.64. The molecule has 0 saturated carbocycles. The molecule has 9 heteroatoms. The Kier molecular flexibility index (Phi) is 6.21. The number of nitrogens with one attached hydrogen (secondary N) is 1. The maximum absolute atomic E-state index is 12.4. The quantitative estimate of drug-likeness (QED) is 0.726. The summed E-state index contributed by atoms with van der Waals surface area (Å²) in [6.07, 6.45) is 2.10. The molecule has 3 heterocycles. The number of hydrogen-bond donors (Lipinski definition) is 1. The van der Waals surface area contributed by atoms with Crippen LogP contribution < -0.4 is 10.2 Å². The van der Waals surface area contributed by atoms with Gasteiger partial charge in [0, 0.05) is 44.4 Å². The number of aromatic nitrogens is 2. The van der Waals surface area contributed by atoms with Gasteiger partial charge in [-0.05, 0) is 41.5 Å². The molecule has 0 radical (unpaired) electrons. The fourth-order valence-electron chi connectivity index (χ4n) is 3.40. The molecule has 1 N–H and O–H groups in total. The standard InChI is InChI=1S/C21H33N5O4/c1-20(2,3)29-17(27)16-13-25(10-8-22-16)18-23-11-14-12-26(9-7-15(14)24-18)19(28)30-21(4,5)6/h11,16,22H,7-10,12-13H2,1-6H3/t16-/m0/s1. The van der Waals surface area contributed by atoms with E-state index in [1.165, 1.54) is 0 Å². The second-order valence-electron chi connectivity index (χ2n) is 9.78. The number of carbonyl (C=O) groups excluding carboxylic acids is 2. The van der Waals surface area contributed by atoms with Gasteiger partial charge in [-0.1, -0.05) is 0 Å². The molecular formula is C21H33N5O4. The molecule has 1 fully saturated rings. The van der Waals surface area contributed by atoms with Crippen LogP contribution in [0, 0.1) is 0 Å². The number of nitrogens with zero attached hydrogens (tertiary/aromatic N) is 4. The van der Waals surface area contributed by atoms with Crippen molar-refractivity contribution in [3.63, 3.8) is 0 Å². The molecule has 0 bridgehead atoms. The van der Waals surface area contributed by atoms with Crippen LogP contribution in [0.15, 0.2) is 6.20 Å². The predicted octanol–water partition coefficient (Wildman–Crippen LogP) is 1.89. The summed E-state index contributed by atoms with van der Waals surface area (Å²) in [7, 11) is 0. The van der Waals surface area contributed by atoms with E-state index in [0.29, 0.717) is 45.1 Å². The molecule has 1 aromatic heterocycles. The summed E-state index contributed by atoms with van der Waals surface area (Å²) in [5.41, 5.74) is 0.815. The van der Waals surface area contributed by atoms with Crippen LogP contribution >= 0.6 is 0 Å². The molecule has 1 atom stereocenters. The zero-order valence-electron chi connectivity index (χ0n) is 18.8. The van der Waals surface area contributed by atoms with Gasteiger partial charge in [0.1, 0.15) is 17.2 Å². The number of anilines is 1. The third kappa shape index (κ3) is 5.81. The van der Waals surface area contributed by atoms with Crippen molar-refractivity contribution in [3.8, 4) is 0 Å². The van der Waals surface area contributed by atoms with Crippen LogP contribution in [0.1, 0.15) is 52.8 Å². The van der Waals surface area contributed by atoms with E-state index in [0.717, 1.165) is 11.3 Å². The third-order valence-corrected chi connectivity index (χ3v) is 4.72. The van der Waals surface area contributed by atoms with E-state index in [4.69, 9.17) is 14.5 Å². The Hall–Kier alpha value is -2.42. The molecule has 2 aliphatic rings. The molecule has 1 aromatic rings. The number of rotatable bonds is 2. The van der Waals surface area contributed by atoms with Crippen molar-refractivity contribution in [2.24, 2.45) is 0 Å². The monoisotopic (exact) mass is 419 g/mol. The summed E-state index contributed by atoms with van der Waals surface area (Å²) in [6.45, 7) is 14.0. The molecule has 0 unspecified atom stereocenters. The topological polar surface area (TPSA) is 96.9 Å². The van der Waals surface area contributed by atoms with Crippen LogP contribution in [-0.2, 0) is 27.2 Å². The Balaban J connectivity index is 1.66. The van der Waals surface area contributed by atoms with E-state index in [9.17, 15) is 9.59 Å². The van der Waals surface area contributed by atoms with Crippen molar-refractivity contribution < 1.29 is 19.1 Å². The molecule has 1 saturated heterocycles. The molecule has 1 amide bonds. The van der Waals surface area contributed by atoms with Crippen molar-refractivity contribution in [1.29, 1.82) is 0 Å². The van der Waals surface area contributed by atoms with Gasteiger partial charge in [0.05, 0.1) is 12.2 Å². The summed E-state index contributed by atoms with van der Waals surface area (Å²) < 4.78 is 11.0. The van der Waals surface area contributed by atoms with Gasteiger partial charge in [-0.15, -0.1) is 0 Å². The lowest BCUT2D eigenvalue weighted by molar-refractivity contribution is -0.157. The Morgan fingerprint density at radius 1 is 1.10 bits per heavy atom. The number of ether oxygens (including phenoxy) is 2. The molecule has 3 rings (SSSR count). The van der Waals surface area contributed by atoms with Gasteiger partial charge in [0.15, 0.2) is 0 Å². The maximum atomic E-state index is 12.4. The Morgan fingerprint density at radius 3 is 2.47 bits per heavy atom. The summed E-state index contributed by atoms with van der Waals surface area (Å²) in [4.78, 5) is 37.7. The fourth-order valence-corrected chi connectivity index (χ4v) is 3.40. The van der Waals surface area contributed by atoms with Crippen LogP contribution in [0.25, 0.3) is 0 Å². The zero-order chi connectivity index (χ0) is 22.1. The lowest BCUT2D eigenvalue weighted by Crippen LogP contribution is -2.56. The number of amides is 1. The number of fused-ring (bicyclic) bond motifs is 1. The van der Waals surface area contributed by atoms with E-state index < -0.39 is 17.2 Å². The average molecular weight is 420 g/mol. The lowest BCUT2D eigenvalue weighted by atomic mass is 10.1. The van der Waals surface area contributed by atoms with Crippen LogP contribution in [0.3, 0.4) is 0 Å². The first-order valence-electron chi connectivity index (χ1n) is 10.5. The Morgan fingerprint density at radius 2 is 1.80 bits per heavy atom. The van der Waals surface area contributed by atoms with E-state index >= 15 is 0 Å². The first-order valence-corrected chi connectivity index (χ1v) is 10.5. The lowest BCUT2D eigenvalue weighted by Gasteiger charge is -2.35. The van der Waals surface area contributed by atoms with Gasteiger partial charge in [0.2, 0.25) is 5.95 Å². The van der Waals surface area contributed by atoms with E-state index in [1.54, 1.807) is 11.1 Å². The predicted molar refractivity (Wildman–Crippen MR) is 112 cm³/mol. The van der Waals surface area contributed by atoms with E-state index in [-0.39, 0.29) is 12.1 Å². The minimum absolute atomic E-state index is 0.266. The highest BCUT2D eigenvalue weighted by molar-refractivity contribution is 5.77. The van der Waals surface area contributed by atoms with Gasteiger partial charge < -0.3 is 24.6 Å². The maximum Gasteiger partial charge on any atom is 0.410 e. The molecule has 2 aliphatic heterocycles. The summed E-state index contributed by atoms with van der Waals surface area (Å²) in [5.74, 6) is 0.340. The van der Waals surface area contributed by atoms with Crippen molar-refractivity contribution in [2.75, 3.05) is 31.1 Å². The Bertz CT molecular complexity index is 800. The number of esters is 1. The highest BCUT2D eigenvalue weighted by Gasteiger charge is 2.32. The van der Waals surface area contributed by atoms with Gasteiger partial charge in [-0.2, -0.15) is 0 Å². The molecule has 166 valence electrons. The second-order valence-corrected chi connectivity index (χ2v) is 9.78. The van der Waals surface area contributed by atoms with Crippen LogP contribution in [0.2, 0.25) is 0 Å². The largest absolute Gasteiger partial charge is 0.459 e. The fraction of sp³-hybridized carbons (Fsp3) is 0.714.